The summed E-state index contributed by atoms with van der Waals surface area (Å²) in [6.45, 7) is 0.560. The predicted octanol–water partition coefficient (Wildman–Crippen LogP) is 3.58. The Morgan fingerprint density at radius 1 is 1.32 bits per heavy atom. The van der Waals surface area contributed by atoms with E-state index in [-0.39, 0.29) is 5.82 Å². The minimum Gasteiger partial charge on any atom is -0.362 e. The van der Waals surface area contributed by atoms with Gasteiger partial charge in [-0.15, -0.1) is 0 Å². The van der Waals surface area contributed by atoms with Crippen molar-refractivity contribution in [2.24, 2.45) is 10.9 Å². The zero-order valence-corrected chi connectivity index (χ0v) is 11.8. The molecule has 1 saturated carbocycles. The average Bonchev–Trinajstić information content (AvgIpc) is 2.45. The number of thioether (sulfide) groups is 1. The molecule has 4 heteroatoms. The van der Waals surface area contributed by atoms with Crippen molar-refractivity contribution in [3.63, 3.8) is 0 Å². The van der Waals surface area contributed by atoms with Crippen molar-refractivity contribution in [1.82, 2.24) is 5.32 Å². The van der Waals surface area contributed by atoms with Gasteiger partial charge >= 0.3 is 0 Å². The fourth-order valence-electron chi connectivity index (χ4n) is 2.87. The zero-order chi connectivity index (χ0) is 13.1. The van der Waals surface area contributed by atoms with Crippen molar-refractivity contribution < 1.29 is 4.39 Å². The van der Waals surface area contributed by atoms with Crippen molar-refractivity contribution >= 4 is 16.9 Å². The molecule has 2 fully saturated rings. The van der Waals surface area contributed by atoms with Gasteiger partial charge in [0.25, 0.3) is 0 Å². The summed E-state index contributed by atoms with van der Waals surface area (Å²) in [7, 11) is 0. The summed E-state index contributed by atoms with van der Waals surface area (Å²) in [5, 5.41) is 4.59. The van der Waals surface area contributed by atoms with E-state index in [9.17, 15) is 4.39 Å². The Kier molecular flexibility index (Phi) is 4.06. The number of halogens is 1. The lowest BCUT2D eigenvalue weighted by atomic mass is 9.86. The lowest BCUT2D eigenvalue weighted by Gasteiger charge is -2.36. The number of hydrogen-bond acceptors (Lipinski definition) is 2. The maximum absolute atomic E-state index is 13.1. The molecule has 1 N–H and O–H groups in total. The molecule has 0 bridgehead atoms. The predicted molar refractivity (Wildman–Crippen MR) is 78.9 cm³/mol. The minimum atomic E-state index is -0.186. The third-order valence-electron chi connectivity index (χ3n) is 3.95. The van der Waals surface area contributed by atoms with Crippen LogP contribution in [0.5, 0.6) is 0 Å². The van der Waals surface area contributed by atoms with E-state index in [1.54, 1.807) is 12.1 Å². The fourth-order valence-corrected chi connectivity index (χ4v) is 4.03. The van der Waals surface area contributed by atoms with Crippen molar-refractivity contribution in [3.05, 3.63) is 35.6 Å². The molecule has 2 aliphatic rings. The summed E-state index contributed by atoms with van der Waals surface area (Å²) in [6, 6.07) is 7.30. The fraction of sp³-hybridized carbons (Fsp3) is 0.533. The Labute approximate surface area is 117 Å². The number of benzene rings is 1. The van der Waals surface area contributed by atoms with Crippen LogP contribution in [0.25, 0.3) is 0 Å². The number of fused-ring (bicyclic) bond motifs is 1. The highest BCUT2D eigenvalue weighted by Crippen LogP contribution is 2.31. The molecule has 3 rings (SSSR count). The number of nitrogens with zero attached hydrogens (tertiary/aromatic N) is 1. The summed E-state index contributed by atoms with van der Waals surface area (Å²) in [6.07, 6.45) is 5.32. The topological polar surface area (TPSA) is 24.4 Å². The number of nitrogens with one attached hydrogen (secondary N) is 1. The molecule has 0 spiro atoms. The molecular formula is C15H19FN2S. The van der Waals surface area contributed by atoms with Crippen molar-refractivity contribution in [2.75, 3.05) is 5.75 Å². The normalized spacial score (nSPS) is 28.8. The van der Waals surface area contributed by atoms with E-state index in [2.05, 4.69) is 10.3 Å². The van der Waals surface area contributed by atoms with E-state index in [0.29, 0.717) is 12.6 Å². The maximum Gasteiger partial charge on any atom is 0.157 e. The Bertz CT molecular complexity index is 475. The lowest BCUT2D eigenvalue weighted by Crippen LogP contribution is -2.46. The van der Waals surface area contributed by atoms with Gasteiger partial charge in [0.05, 0.1) is 6.54 Å². The van der Waals surface area contributed by atoms with Crippen molar-refractivity contribution in [3.8, 4) is 0 Å². The smallest absolute Gasteiger partial charge is 0.157 e. The SMILES string of the molecule is Fc1cccc(CN=C2NC3CCCCC3CS2)c1. The van der Waals surface area contributed by atoms with Gasteiger partial charge in [-0.25, -0.2) is 4.39 Å². The Morgan fingerprint density at radius 2 is 2.21 bits per heavy atom. The summed E-state index contributed by atoms with van der Waals surface area (Å²) in [5.74, 6) is 1.81. The first-order valence-electron chi connectivity index (χ1n) is 6.99. The molecule has 19 heavy (non-hydrogen) atoms. The third kappa shape index (κ3) is 3.30. The van der Waals surface area contributed by atoms with E-state index >= 15 is 0 Å². The van der Waals surface area contributed by atoms with Gasteiger partial charge in [-0.3, -0.25) is 4.99 Å². The van der Waals surface area contributed by atoms with Crippen LogP contribution in [0.3, 0.4) is 0 Å². The molecule has 1 aromatic carbocycles. The number of aliphatic imine (C=N–C) groups is 1. The molecular weight excluding hydrogens is 259 g/mol. The molecule has 2 unspecified atom stereocenters. The van der Waals surface area contributed by atoms with Gasteiger partial charge in [0.1, 0.15) is 5.82 Å². The summed E-state index contributed by atoms with van der Waals surface area (Å²) in [5.41, 5.74) is 0.931. The van der Waals surface area contributed by atoms with Gasteiger partial charge in [-0.2, -0.15) is 0 Å². The highest BCUT2D eigenvalue weighted by Gasteiger charge is 2.29. The molecule has 0 aromatic heterocycles. The van der Waals surface area contributed by atoms with Gasteiger partial charge in [-0.05, 0) is 36.5 Å². The largest absolute Gasteiger partial charge is 0.362 e. The zero-order valence-electron chi connectivity index (χ0n) is 10.9. The highest BCUT2D eigenvalue weighted by molar-refractivity contribution is 8.13. The molecule has 1 saturated heterocycles. The first-order valence-corrected chi connectivity index (χ1v) is 7.98. The van der Waals surface area contributed by atoms with Crippen LogP contribution >= 0.6 is 11.8 Å². The molecule has 1 aromatic rings. The van der Waals surface area contributed by atoms with Crippen LogP contribution in [-0.4, -0.2) is 17.0 Å². The Morgan fingerprint density at radius 3 is 3.11 bits per heavy atom. The lowest BCUT2D eigenvalue weighted by molar-refractivity contribution is 0.311. The van der Waals surface area contributed by atoms with Crippen LogP contribution in [0.2, 0.25) is 0 Å². The monoisotopic (exact) mass is 278 g/mol. The van der Waals surface area contributed by atoms with Crippen LogP contribution in [0, 0.1) is 11.7 Å². The van der Waals surface area contributed by atoms with Gasteiger partial charge in [-0.1, -0.05) is 36.7 Å². The van der Waals surface area contributed by atoms with E-state index in [0.717, 1.165) is 16.6 Å². The summed E-state index contributed by atoms with van der Waals surface area (Å²) >= 11 is 1.82. The second-order valence-corrected chi connectivity index (χ2v) is 6.37. The first kappa shape index (κ1) is 13.0. The van der Waals surface area contributed by atoms with E-state index in [1.807, 2.05) is 17.8 Å². The van der Waals surface area contributed by atoms with E-state index in [1.165, 1.54) is 37.5 Å². The van der Waals surface area contributed by atoms with E-state index < -0.39 is 0 Å². The van der Waals surface area contributed by atoms with Crippen LogP contribution in [0.4, 0.5) is 4.39 Å². The second kappa shape index (κ2) is 5.95. The van der Waals surface area contributed by atoms with Gasteiger partial charge in [0.2, 0.25) is 0 Å². The van der Waals surface area contributed by atoms with Crippen LogP contribution in [-0.2, 0) is 6.54 Å². The molecule has 1 aliphatic heterocycles. The molecule has 0 radical (unpaired) electrons. The van der Waals surface area contributed by atoms with Gasteiger partial charge in [0.15, 0.2) is 5.17 Å². The molecule has 102 valence electrons. The molecule has 2 atom stereocenters. The molecule has 1 aliphatic carbocycles. The van der Waals surface area contributed by atoms with Crippen molar-refractivity contribution in [1.29, 1.82) is 0 Å². The van der Waals surface area contributed by atoms with E-state index in [4.69, 9.17) is 0 Å². The Balaban J connectivity index is 1.61. The molecule has 1 heterocycles. The quantitative estimate of drug-likeness (QED) is 0.894. The van der Waals surface area contributed by atoms with Crippen molar-refractivity contribution in [2.45, 2.75) is 38.3 Å². The summed E-state index contributed by atoms with van der Waals surface area (Å²) < 4.78 is 13.1. The summed E-state index contributed by atoms with van der Waals surface area (Å²) in [4.78, 5) is 4.59. The number of hydrogen-bond donors (Lipinski definition) is 1. The minimum absolute atomic E-state index is 0.186. The third-order valence-corrected chi connectivity index (χ3v) is 5.06. The van der Waals surface area contributed by atoms with Gasteiger partial charge < -0.3 is 5.32 Å². The second-order valence-electron chi connectivity index (χ2n) is 5.36. The standard InChI is InChI=1S/C15H19FN2S/c16-13-6-3-4-11(8-13)9-17-15-18-14-7-2-1-5-12(14)10-19-15/h3-4,6,8,12,14H,1-2,5,7,9-10H2,(H,17,18). The molecule has 0 amide bonds. The van der Waals surface area contributed by atoms with Crippen LogP contribution in [0.15, 0.2) is 29.3 Å². The number of rotatable bonds is 2. The van der Waals surface area contributed by atoms with Gasteiger partial charge in [0, 0.05) is 11.8 Å². The first-order chi connectivity index (χ1) is 9.31. The van der Waals surface area contributed by atoms with Crippen LogP contribution < -0.4 is 5.32 Å². The average molecular weight is 278 g/mol. The molecule has 2 nitrogen and oxygen atoms in total. The Hall–Kier alpha value is -1.03. The number of amidine groups is 1. The maximum atomic E-state index is 13.1. The van der Waals surface area contributed by atoms with Crippen LogP contribution in [0.1, 0.15) is 31.2 Å². The highest BCUT2D eigenvalue weighted by atomic mass is 32.2.